The molecule has 0 heterocycles. The maximum atomic E-state index is 12.0. The number of nitrogens with one attached hydrogen (secondary N) is 1. The van der Waals surface area contributed by atoms with Gasteiger partial charge in [0.15, 0.2) is 0 Å². The Kier molecular flexibility index (Phi) is 6.44. The van der Waals surface area contributed by atoms with E-state index in [9.17, 15) is 4.79 Å². The molecule has 1 amide bonds. The van der Waals surface area contributed by atoms with Gasteiger partial charge in [0.25, 0.3) is 0 Å². The minimum absolute atomic E-state index is 0.168. The van der Waals surface area contributed by atoms with Crippen molar-refractivity contribution >= 4 is 5.91 Å². The van der Waals surface area contributed by atoms with Crippen LogP contribution in [0.25, 0.3) is 0 Å². The van der Waals surface area contributed by atoms with Crippen molar-refractivity contribution < 1.29 is 4.79 Å². The van der Waals surface area contributed by atoms with Crippen molar-refractivity contribution in [3.8, 4) is 0 Å². The minimum Gasteiger partial charge on any atom is -0.356 e. The predicted molar refractivity (Wildman–Crippen MR) is 97.6 cm³/mol. The zero-order valence-corrected chi connectivity index (χ0v) is 15.0. The molecular weight excluding hydrogens is 282 g/mol. The molecule has 1 aliphatic rings. The molecule has 126 valence electrons. The maximum absolute atomic E-state index is 12.0. The van der Waals surface area contributed by atoms with Crippen LogP contribution in [0, 0.1) is 0 Å². The van der Waals surface area contributed by atoms with E-state index in [1.165, 1.54) is 42.4 Å². The molecular formula is C21H31NO. The Bertz CT molecular complexity index is 534. The number of hydrogen-bond donors (Lipinski definition) is 1. The van der Waals surface area contributed by atoms with Crippen LogP contribution in [0.3, 0.4) is 0 Å². The van der Waals surface area contributed by atoms with Gasteiger partial charge in [-0.25, -0.2) is 0 Å². The number of rotatable bonds is 6. The van der Waals surface area contributed by atoms with Crippen LogP contribution in [0.5, 0.6) is 0 Å². The second kappa shape index (κ2) is 8.33. The van der Waals surface area contributed by atoms with Crippen LogP contribution in [0.1, 0.15) is 70.4 Å². The number of benzene rings is 1. The fourth-order valence-electron chi connectivity index (χ4n) is 3.01. The average Bonchev–Trinajstić information content (AvgIpc) is 2.53. The lowest BCUT2D eigenvalue weighted by Gasteiger charge is -2.19. The fourth-order valence-corrected chi connectivity index (χ4v) is 3.01. The summed E-state index contributed by atoms with van der Waals surface area (Å²) < 4.78 is 0. The zero-order chi connectivity index (χ0) is 16.7. The molecule has 1 aliphatic carbocycles. The molecule has 0 aromatic heterocycles. The molecule has 0 unspecified atom stereocenters. The van der Waals surface area contributed by atoms with Gasteiger partial charge in [-0.1, -0.05) is 56.7 Å². The van der Waals surface area contributed by atoms with Crippen molar-refractivity contribution in [2.24, 2.45) is 0 Å². The van der Waals surface area contributed by atoms with Gasteiger partial charge >= 0.3 is 0 Å². The summed E-state index contributed by atoms with van der Waals surface area (Å²) in [5, 5.41) is 3.06. The summed E-state index contributed by atoms with van der Waals surface area (Å²) in [5.74, 6) is 0.168. The molecule has 1 aromatic carbocycles. The van der Waals surface area contributed by atoms with Crippen LogP contribution in [-0.2, 0) is 16.6 Å². The lowest BCUT2D eigenvalue weighted by atomic mass is 9.86. The SMILES string of the molecule is CC(C)(C)c1ccc(CCC(=O)NCCC2=CCCCC2)cc1. The molecule has 0 fully saturated rings. The van der Waals surface area contributed by atoms with Crippen molar-refractivity contribution in [2.45, 2.75) is 71.1 Å². The molecule has 0 saturated carbocycles. The third-order valence-corrected chi connectivity index (χ3v) is 4.61. The van der Waals surface area contributed by atoms with Gasteiger partial charge in [-0.15, -0.1) is 0 Å². The van der Waals surface area contributed by atoms with Gasteiger partial charge in [-0.05, 0) is 55.1 Å². The quantitative estimate of drug-likeness (QED) is 0.742. The van der Waals surface area contributed by atoms with E-state index in [0.717, 1.165) is 19.4 Å². The maximum Gasteiger partial charge on any atom is 0.220 e. The molecule has 0 spiro atoms. The third-order valence-electron chi connectivity index (χ3n) is 4.61. The summed E-state index contributed by atoms with van der Waals surface area (Å²) in [6.07, 6.45) is 9.84. The van der Waals surface area contributed by atoms with E-state index in [1.807, 2.05) is 0 Å². The van der Waals surface area contributed by atoms with Gasteiger partial charge in [-0.3, -0.25) is 4.79 Å². The van der Waals surface area contributed by atoms with E-state index >= 15 is 0 Å². The van der Waals surface area contributed by atoms with E-state index in [2.05, 4.69) is 56.4 Å². The molecule has 2 heteroatoms. The molecule has 1 N–H and O–H groups in total. The number of carbonyl (C=O) groups excluding carboxylic acids is 1. The van der Waals surface area contributed by atoms with Crippen molar-refractivity contribution in [3.63, 3.8) is 0 Å². The third kappa shape index (κ3) is 6.21. The summed E-state index contributed by atoms with van der Waals surface area (Å²) in [7, 11) is 0. The van der Waals surface area contributed by atoms with Gasteiger partial charge in [0, 0.05) is 13.0 Å². The zero-order valence-electron chi connectivity index (χ0n) is 15.0. The van der Waals surface area contributed by atoms with Gasteiger partial charge in [0.1, 0.15) is 0 Å². The lowest BCUT2D eigenvalue weighted by Crippen LogP contribution is -2.25. The Hall–Kier alpha value is -1.57. The number of amides is 1. The van der Waals surface area contributed by atoms with Crippen molar-refractivity contribution in [3.05, 3.63) is 47.0 Å². The molecule has 23 heavy (non-hydrogen) atoms. The first-order chi connectivity index (χ1) is 10.9. The van der Waals surface area contributed by atoms with Crippen LogP contribution >= 0.6 is 0 Å². The fraction of sp³-hybridized carbons (Fsp3) is 0.571. The average molecular weight is 313 g/mol. The highest BCUT2D eigenvalue weighted by molar-refractivity contribution is 5.76. The first kappa shape index (κ1) is 17.8. The van der Waals surface area contributed by atoms with Crippen molar-refractivity contribution in [1.82, 2.24) is 5.32 Å². The topological polar surface area (TPSA) is 29.1 Å². The largest absolute Gasteiger partial charge is 0.356 e. The molecule has 1 aromatic rings. The van der Waals surface area contributed by atoms with E-state index in [1.54, 1.807) is 0 Å². The van der Waals surface area contributed by atoms with Crippen LogP contribution < -0.4 is 5.32 Å². The first-order valence-electron chi connectivity index (χ1n) is 8.99. The van der Waals surface area contributed by atoms with Crippen LogP contribution in [-0.4, -0.2) is 12.5 Å². The van der Waals surface area contributed by atoms with Gasteiger partial charge < -0.3 is 5.32 Å². The molecule has 0 saturated heterocycles. The minimum atomic E-state index is 0.168. The van der Waals surface area contributed by atoms with E-state index in [0.29, 0.717) is 6.42 Å². The van der Waals surface area contributed by atoms with Gasteiger partial charge in [-0.2, -0.15) is 0 Å². The lowest BCUT2D eigenvalue weighted by molar-refractivity contribution is -0.121. The summed E-state index contributed by atoms with van der Waals surface area (Å²) in [6, 6.07) is 8.67. The number of hydrogen-bond acceptors (Lipinski definition) is 1. The van der Waals surface area contributed by atoms with Gasteiger partial charge in [0.2, 0.25) is 5.91 Å². The number of carbonyl (C=O) groups is 1. The summed E-state index contributed by atoms with van der Waals surface area (Å²) in [5.41, 5.74) is 4.29. The number of allylic oxidation sites excluding steroid dienone is 1. The highest BCUT2D eigenvalue weighted by Crippen LogP contribution is 2.22. The molecule has 0 aliphatic heterocycles. The Morgan fingerprint density at radius 3 is 2.43 bits per heavy atom. The Morgan fingerprint density at radius 2 is 1.83 bits per heavy atom. The van der Waals surface area contributed by atoms with Crippen LogP contribution in [0.15, 0.2) is 35.9 Å². The Morgan fingerprint density at radius 1 is 1.09 bits per heavy atom. The highest BCUT2D eigenvalue weighted by Gasteiger charge is 2.13. The normalized spacial score (nSPS) is 15.2. The summed E-state index contributed by atoms with van der Waals surface area (Å²) in [4.78, 5) is 12.0. The van der Waals surface area contributed by atoms with Gasteiger partial charge in [0.05, 0.1) is 0 Å². The monoisotopic (exact) mass is 313 g/mol. The van der Waals surface area contributed by atoms with Crippen LogP contribution in [0.4, 0.5) is 0 Å². The standard InChI is InChI=1S/C21H31NO/c1-21(2,3)19-12-9-18(10-13-19)11-14-20(23)22-16-15-17-7-5-4-6-8-17/h7,9-10,12-13H,4-6,8,11,14-16H2,1-3H3,(H,22,23). The van der Waals surface area contributed by atoms with Crippen molar-refractivity contribution in [2.75, 3.05) is 6.54 Å². The number of aryl methyl sites for hydroxylation is 1. The second-order valence-corrected chi connectivity index (χ2v) is 7.66. The Balaban J connectivity index is 1.68. The predicted octanol–water partition coefficient (Wildman–Crippen LogP) is 4.92. The molecule has 0 atom stereocenters. The summed E-state index contributed by atoms with van der Waals surface area (Å²) in [6.45, 7) is 7.44. The molecule has 0 radical (unpaired) electrons. The molecule has 2 nitrogen and oxygen atoms in total. The van der Waals surface area contributed by atoms with E-state index in [-0.39, 0.29) is 11.3 Å². The van der Waals surface area contributed by atoms with E-state index in [4.69, 9.17) is 0 Å². The first-order valence-corrected chi connectivity index (χ1v) is 8.99. The smallest absolute Gasteiger partial charge is 0.220 e. The Labute approximate surface area is 141 Å². The summed E-state index contributed by atoms with van der Waals surface area (Å²) >= 11 is 0. The van der Waals surface area contributed by atoms with Crippen LogP contribution in [0.2, 0.25) is 0 Å². The second-order valence-electron chi connectivity index (χ2n) is 7.66. The molecule has 0 bridgehead atoms. The molecule has 2 rings (SSSR count). The van der Waals surface area contributed by atoms with E-state index < -0.39 is 0 Å². The van der Waals surface area contributed by atoms with Crippen molar-refractivity contribution in [1.29, 1.82) is 0 Å². The highest BCUT2D eigenvalue weighted by atomic mass is 16.1.